The van der Waals surface area contributed by atoms with Gasteiger partial charge in [-0.3, -0.25) is 4.99 Å². The summed E-state index contributed by atoms with van der Waals surface area (Å²) in [6.45, 7) is 10.6. The zero-order valence-corrected chi connectivity index (χ0v) is 13.1. The van der Waals surface area contributed by atoms with Gasteiger partial charge in [0.2, 0.25) is 0 Å². The number of nitrogens with two attached hydrogens (primary N) is 1. The van der Waals surface area contributed by atoms with Gasteiger partial charge in [0, 0.05) is 6.54 Å². The molecule has 0 atom stereocenters. The lowest BCUT2D eigenvalue weighted by molar-refractivity contribution is 0.313. The number of nitrogens with zero attached hydrogens (tertiary/aromatic N) is 1. The lowest BCUT2D eigenvalue weighted by Crippen LogP contribution is -2.35. The Morgan fingerprint density at radius 3 is 2.65 bits per heavy atom. The Labute approximate surface area is 122 Å². The number of guanidine groups is 1. The van der Waals surface area contributed by atoms with E-state index in [2.05, 4.69) is 44.1 Å². The third kappa shape index (κ3) is 5.51. The summed E-state index contributed by atoms with van der Waals surface area (Å²) in [4.78, 5) is 4.17. The van der Waals surface area contributed by atoms with Crippen molar-refractivity contribution in [1.82, 2.24) is 5.32 Å². The van der Waals surface area contributed by atoms with Crippen molar-refractivity contribution in [3.05, 3.63) is 29.8 Å². The first-order valence-electron chi connectivity index (χ1n) is 7.21. The minimum atomic E-state index is 0.0750. The van der Waals surface area contributed by atoms with Crippen LogP contribution in [0.2, 0.25) is 0 Å². The van der Waals surface area contributed by atoms with E-state index in [4.69, 9.17) is 10.5 Å². The van der Waals surface area contributed by atoms with Crippen molar-refractivity contribution in [2.75, 3.05) is 19.7 Å². The second-order valence-corrected chi connectivity index (χ2v) is 5.79. The predicted octanol–water partition coefficient (Wildman–Crippen LogP) is 2.68. The van der Waals surface area contributed by atoms with E-state index in [-0.39, 0.29) is 5.41 Å². The normalized spacial score (nSPS) is 12.3. The molecule has 3 N–H and O–H groups in total. The molecular formula is C16H27N3O. The minimum Gasteiger partial charge on any atom is -0.491 e. The van der Waals surface area contributed by atoms with Gasteiger partial charge >= 0.3 is 0 Å². The fourth-order valence-electron chi connectivity index (χ4n) is 1.84. The Morgan fingerprint density at radius 1 is 1.30 bits per heavy atom. The molecule has 0 fully saturated rings. The SMILES string of the molecule is CCCN=C(N)NCCOc1ccccc1C(C)(C)C. The molecule has 0 aliphatic rings. The molecule has 0 saturated carbocycles. The third-order valence-corrected chi connectivity index (χ3v) is 2.87. The molecule has 0 aromatic heterocycles. The van der Waals surface area contributed by atoms with Crippen LogP contribution in [0.3, 0.4) is 0 Å². The Morgan fingerprint density at radius 2 is 2.00 bits per heavy atom. The minimum absolute atomic E-state index is 0.0750. The summed E-state index contributed by atoms with van der Waals surface area (Å²) < 4.78 is 5.85. The average molecular weight is 277 g/mol. The number of benzene rings is 1. The maximum absolute atomic E-state index is 5.85. The molecule has 0 heterocycles. The van der Waals surface area contributed by atoms with E-state index in [1.165, 1.54) is 5.56 Å². The van der Waals surface area contributed by atoms with Crippen molar-refractivity contribution in [3.63, 3.8) is 0 Å². The number of ether oxygens (including phenoxy) is 1. The highest BCUT2D eigenvalue weighted by Gasteiger charge is 2.18. The summed E-state index contributed by atoms with van der Waals surface area (Å²) >= 11 is 0. The van der Waals surface area contributed by atoms with Crippen molar-refractivity contribution >= 4 is 5.96 Å². The van der Waals surface area contributed by atoms with Crippen molar-refractivity contribution in [2.24, 2.45) is 10.7 Å². The van der Waals surface area contributed by atoms with Gasteiger partial charge in [0.1, 0.15) is 12.4 Å². The zero-order chi connectivity index (χ0) is 15.0. The summed E-state index contributed by atoms with van der Waals surface area (Å²) in [5.74, 6) is 1.42. The van der Waals surface area contributed by atoms with E-state index in [1.54, 1.807) is 0 Å². The molecule has 4 nitrogen and oxygen atoms in total. The number of hydrogen-bond donors (Lipinski definition) is 2. The van der Waals surface area contributed by atoms with E-state index in [0.717, 1.165) is 18.7 Å². The summed E-state index contributed by atoms with van der Waals surface area (Å²) in [7, 11) is 0. The number of nitrogens with one attached hydrogen (secondary N) is 1. The standard InChI is InChI=1S/C16H27N3O/c1-5-10-18-15(17)19-11-12-20-14-9-7-6-8-13(14)16(2,3)4/h6-9H,5,10-12H2,1-4H3,(H3,17,18,19). The van der Waals surface area contributed by atoms with Crippen LogP contribution in [0, 0.1) is 0 Å². The Bertz CT molecular complexity index is 436. The van der Waals surface area contributed by atoms with Gasteiger partial charge in [0.25, 0.3) is 0 Å². The summed E-state index contributed by atoms with van der Waals surface area (Å²) in [5, 5.41) is 3.05. The van der Waals surface area contributed by atoms with Gasteiger partial charge in [0.05, 0.1) is 6.54 Å². The van der Waals surface area contributed by atoms with Gasteiger partial charge in [-0.25, -0.2) is 0 Å². The fraction of sp³-hybridized carbons (Fsp3) is 0.562. The van der Waals surface area contributed by atoms with Gasteiger partial charge < -0.3 is 15.8 Å². The fourth-order valence-corrected chi connectivity index (χ4v) is 1.84. The van der Waals surface area contributed by atoms with Gasteiger partial charge in [-0.2, -0.15) is 0 Å². The number of para-hydroxylation sites is 1. The van der Waals surface area contributed by atoms with Crippen LogP contribution in [0.25, 0.3) is 0 Å². The molecule has 0 aliphatic heterocycles. The van der Waals surface area contributed by atoms with E-state index in [0.29, 0.717) is 19.1 Å². The van der Waals surface area contributed by atoms with Gasteiger partial charge in [-0.15, -0.1) is 0 Å². The number of rotatable bonds is 6. The van der Waals surface area contributed by atoms with Crippen molar-refractivity contribution in [3.8, 4) is 5.75 Å². The first-order valence-corrected chi connectivity index (χ1v) is 7.21. The molecule has 0 saturated heterocycles. The second kappa shape index (κ2) is 7.78. The van der Waals surface area contributed by atoms with Crippen LogP contribution in [0.15, 0.2) is 29.3 Å². The summed E-state index contributed by atoms with van der Waals surface area (Å²) in [6, 6.07) is 8.16. The topological polar surface area (TPSA) is 59.6 Å². The quantitative estimate of drug-likeness (QED) is 0.477. The number of aliphatic imine (C=N–C) groups is 1. The van der Waals surface area contributed by atoms with Gasteiger partial charge in [-0.1, -0.05) is 45.9 Å². The second-order valence-electron chi connectivity index (χ2n) is 5.79. The van der Waals surface area contributed by atoms with Crippen LogP contribution in [0.4, 0.5) is 0 Å². The molecule has 0 unspecified atom stereocenters. The van der Waals surface area contributed by atoms with Crippen LogP contribution >= 0.6 is 0 Å². The number of hydrogen-bond acceptors (Lipinski definition) is 2. The monoisotopic (exact) mass is 277 g/mol. The van der Waals surface area contributed by atoms with Crippen LogP contribution in [0.5, 0.6) is 5.75 Å². The molecule has 0 bridgehead atoms. The molecule has 1 rings (SSSR count). The van der Waals surface area contributed by atoms with Crippen molar-refractivity contribution < 1.29 is 4.74 Å². The van der Waals surface area contributed by atoms with Crippen LogP contribution in [-0.2, 0) is 5.41 Å². The van der Waals surface area contributed by atoms with E-state index >= 15 is 0 Å². The lowest BCUT2D eigenvalue weighted by atomic mass is 9.86. The molecule has 0 radical (unpaired) electrons. The molecular weight excluding hydrogens is 250 g/mol. The first-order chi connectivity index (χ1) is 9.45. The molecule has 1 aromatic rings. The molecule has 1 aromatic carbocycles. The van der Waals surface area contributed by atoms with Crippen molar-refractivity contribution in [2.45, 2.75) is 39.5 Å². The summed E-state index contributed by atoms with van der Waals surface area (Å²) in [6.07, 6.45) is 0.998. The Kier molecular flexibility index (Phi) is 6.36. The van der Waals surface area contributed by atoms with E-state index < -0.39 is 0 Å². The van der Waals surface area contributed by atoms with Gasteiger partial charge in [-0.05, 0) is 23.5 Å². The molecule has 0 amide bonds. The maximum atomic E-state index is 5.85. The Balaban J connectivity index is 2.47. The van der Waals surface area contributed by atoms with Crippen LogP contribution in [0.1, 0.15) is 39.7 Å². The van der Waals surface area contributed by atoms with Gasteiger partial charge in [0.15, 0.2) is 5.96 Å². The summed E-state index contributed by atoms with van der Waals surface area (Å²) in [5.41, 5.74) is 7.01. The molecule has 0 spiro atoms. The average Bonchev–Trinajstić information content (AvgIpc) is 2.40. The molecule has 0 aliphatic carbocycles. The van der Waals surface area contributed by atoms with Crippen LogP contribution < -0.4 is 15.8 Å². The van der Waals surface area contributed by atoms with E-state index in [9.17, 15) is 0 Å². The van der Waals surface area contributed by atoms with E-state index in [1.807, 2.05) is 18.2 Å². The highest BCUT2D eigenvalue weighted by molar-refractivity contribution is 5.77. The zero-order valence-electron chi connectivity index (χ0n) is 13.1. The smallest absolute Gasteiger partial charge is 0.188 e. The largest absolute Gasteiger partial charge is 0.491 e. The molecule has 112 valence electrons. The predicted molar refractivity (Wildman–Crippen MR) is 85.4 cm³/mol. The first kappa shape index (κ1) is 16.3. The van der Waals surface area contributed by atoms with Crippen molar-refractivity contribution in [1.29, 1.82) is 0 Å². The third-order valence-electron chi connectivity index (χ3n) is 2.87. The maximum Gasteiger partial charge on any atom is 0.188 e. The highest BCUT2D eigenvalue weighted by atomic mass is 16.5. The lowest BCUT2D eigenvalue weighted by Gasteiger charge is -2.22. The molecule has 20 heavy (non-hydrogen) atoms. The highest BCUT2D eigenvalue weighted by Crippen LogP contribution is 2.30. The van der Waals surface area contributed by atoms with Crippen LogP contribution in [-0.4, -0.2) is 25.7 Å². The Hall–Kier alpha value is -1.71. The molecule has 4 heteroatoms.